The fraction of sp³-hybridized carbons (Fsp3) is 0.278. The third kappa shape index (κ3) is 3.53. The van der Waals surface area contributed by atoms with Gasteiger partial charge < -0.3 is 19.7 Å². The second-order valence-corrected chi connectivity index (χ2v) is 5.92. The summed E-state index contributed by atoms with van der Waals surface area (Å²) in [6, 6.07) is 11.5. The standard InChI is InChI=1S/C18H19N3O5/c1-19-15-8-7-12(21(23)24)9-14(15)18(22)20(2)10-13-11-25-16-5-3-4-6-17(16)26-13/h3-9,13,19H,10-11H2,1-2H3/t13-/m0/s1. The Morgan fingerprint density at radius 3 is 2.73 bits per heavy atom. The molecule has 2 aromatic carbocycles. The van der Waals surface area contributed by atoms with E-state index in [-0.39, 0.29) is 23.3 Å². The van der Waals surface area contributed by atoms with E-state index < -0.39 is 4.92 Å². The van der Waals surface area contributed by atoms with Crippen LogP contribution in [0.1, 0.15) is 10.4 Å². The van der Waals surface area contributed by atoms with Crippen molar-refractivity contribution in [2.75, 3.05) is 32.6 Å². The van der Waals surface area contributed by atoms with Crippen LogP contribution in [0.25, 0.3) is 0 Å². The summed E-state index contributed by atoms with van der Waals surface area (Å²) >= 11 is 0. The Morgan fingerprint density at radius 2 is 2.04 bits per heavy atom. The molecule has 0 fully saturated rings. The number of amides is 1. The molecule has 26 heavy (non-hydrogen) atoms. The summed E-state index contributed by atoms with van der Waals surface area (Å²) in [7, 11) is 3.29. The smallest absolute Gasteiger partial charge is 0.270 e. The number of ether oxygens (including phenoxy) is 2. The van der Waals surface area contributed by atoms with Crippen LogP contribution in [0.5, 0.6) is 11.5 Å². The molecule has 0 aliphatic carbocycles. The minimum atomic E-state index is -0.523. The normalized spacial score (nSPS) is 15.2. The first-order valence-corrected chi connectivity index (χ1v) is 8.09. The Labute approximate surface area is 150 Å². The number of non-ortho nitro benzene ring substituents is 1. The van der Waals surface area contributed by atoms with Gasteiger partial charge in [0.05, 0.1) is 17.0 Å². The highest BCUT2D eigenvalue weighted by Gasteiger charge is 2.26. The summed E-state index contributed by atoms with van der Waals surface area (Å²) in [5.74, 6) is 0.977. The van der Waals surface area contributed by atoms with Gasteiger partial charge in [0.25, 0.3) is 11.6 Å². The van der Waals surface area contributed by atoms with Crippen LogP contribution in [0.4, 0.5) is 11.4 Å². The van der Waals surface area contributed by atoms with Crippen LogP contribution < -0.4 is 14.8 Å². The molecule has 1 aliphatic heterocycles. The second kappa shape index (κ2) is 7.30. The molecule has 0 radical (unpaired) electrons. The van der Waals surface area contributed by atoms with Crippen molar-refractivity contribution in [3.05, 3.63) is 58.1 Å². The van der Waals surface area contributed by atoms with Gasteiger partial charge in [0, 0.05) is 31.9 Å². The molecule has 1 N–H and O–H groups in total. The number of nitrogens with zero attached hydrogens (tertiary/aromatic N) is 2. The Balaban J connectivity index is 1.74. The van der Waals surface area contributed by atoms with Crippen LogP contribution in [-0.2, 0) is 0 Å². The summed E-state index contributed by atoms with van der Waals surface area (Å²) < 4.78 is 11.5. The number of carbonyl (C=O) groups is 1. The zero-order valence-electron chi connectivity index (χ0n) is 14.5. The van der Waals surface area contributed by atoms with Crippen molar-refractivity contribution in [3.63, 3.8) is 0 Å². The minimum absolute atomic E-state index is 0.132. The van der Waals surface area contributed by atoms with Crippen molar-refractivity contribution in [2.24, 2.45) is 0 Å². The van der Waals surface area contributed by atoms with Crippen molar-refractivity contribution >= 4 is 17.3 Å². The number of nitro benzene ring substituents is 1. The fourth-order valence-corrected chi connectivity index (χ4v) is 2.79. The third-order valence-electron chi connectivity index (χ3n) is 4.11. The van der Waals surface area contributed by atoms with Gasteiger partial charge in [-0.15, -0.1) is 0 Å². The van der Waals surface area contributed by atoms with Crippen LogP contribution in [-0.4, -0.2) is 49.1 Å². The number of rotatable bonds is 5. The molecule has 2 aromatic rings. The van der Waals surface area contributed by atoms with E-state index in [1.807, 2.05) is 24.3 Å². The molecule has 0 spiro atoms. The van der Waals surface area contributed by atoms with E-state index in [0.29, 0.717) is 30.3 Å². The molecule has 0 unspecified atom stereocenters. The zero-order valence-corrected chi connectivity index (χ0v) is 14.5. The van der Waals surface area contributed by atoms with E-state index in [1.54, 1.807) is 14.1 Å². The molecule has 0 bridgehead atoms. The lowest BCUT2D eigenvalue weighted by molar-refractivity contribution is -0.384. The Morgan fingerprint density at radius 1 is 1.31 bits per heavy atom. The SMILES string of the molecule is CNc1ccc([N+](=O)[O-])cc1C(=O)N(C)C[C@H]1COc2ccccc2O1. The van der Waals surface area contributed by atoms with Crippen molar-refractivity contribution in [1.29, 1.82) is 0 Å². The van der Waals surface area contributed by atoms with Crippen LogP contribution in [0.2, 0.25) is 0 Å². The molecule has 1 amide bonds. The molecule has 8 nitrogen and oxygen atoms in total. The second-order valence-electron chi connectivity index (χ2n) is 5.92. The Bertz CT molecular complexity index is 839. The highest BCUT2D eigenvalue weighted by Crippen LogP contribution is 2.31. The van der Waals surface area contributed by atoms with Gasteiger partial charge in [-0.05, 0) is 18.2 Å². The number of nitrogens with one attached hydrogen (secondary N) is 1. The lowest BCUT2D eigenvalue weighted by Gasteiger charge is -2.29. The summed E-state index contributed by atoms with van der Waals surface area (Å²) in [5, 5.41) is 13.9. The number of carbonyl (C=O) groups excluding carboxylic acids is 1. The lowest BCUT2D eigenvalue weighted by atomic mass is 10.1. The Kier molecular flexibility index (Phi) is 4.92. The number of benzene rings is 2. The van der Waals surface area contributed by atoms with Crippen LogP contribution >= 0.6 is 0 Å². The molecular weight excluding hydrogens is 338 g/mol. The number of hydrogen-bond donors (Lipinski definition) is 1. The number of anilines is 1. The maximum Gasteiger partial charge on any atom is 0.270 e. The highest BCUT2D eigenvalue weighted by atomic mass is 16.6. The van der Waals surface area contributed by atoms with Gasteiger partial charge in [-0.2, -0.15) is 0 Å². The van der Waals surface area contributed by atoms with Gasteiger partial charge in [-0.3, -0.25) is 14.9 Å². The van der Waals surface area contributed by atoms with Gasteiger partial charge in [-0.1, -0.05) is 12.1 Å². The van der Waals surface area contributed by atoms with Crippen LogP contribution in [0.15, 0.2) is 42.5 Å². The summed E-state index contributed by atoms with van der Waals surface area (Å²) in [4.78, 5) is 24.7. The molecule has 1 atom stereocenters. The largest absolute Gasteiger partial charge is 0.486 e. The first-order valence-electron chi connectivity index (χ1n) is 8.09. The van der Waals surface area contributed by atoms with Crippen molar-refractivity contribution in [1.82, 2.24) is 4.90 Å². The predicted octanol–water partition coefficient (Wildman–Crippen LogP) is 2.55. The van der Waals surface area contributed by atoms with Gasteiger partial charge in [0.15, 0.2) is 17.6 Å². The van der Waals surface area contributed by atoms with Crippen molar-refractivity contribution in [3.8, 4) is 11.5 Å². The quantitative estimate of drug-likeness (QED) is 0.653. The van der Waals surface area contributed by atoms with E-state index >= 15 is 0 Å². The van der Waals surface area contributed by atoms with E-state index in [4.69, 9.17) is 9.47 Å². The maximum atomic E-state index is 12.8. The lowest BCUT2D eigenvalue weighted by Crippen LogP contribution is -2.42. The average molecular weight is 357 g/mol. The number of fused-ring (bicyclic) bond motifs is 1. The number of para-hydroxylation sites is 2. The molecule has 136 valence electrons. The van der Waals surface area contributed by atoms with Crippen LogP contribution in [0, 0.1) is 10.1 Å². The first kappa shape index (κ1) is 17.5. The molecule has 1 heterocycles. The number of nitro groups is 1. The maximum absolute atomic E-state index is 12.8. The van der Waals surface area contributed by atoms with Crippen molar-refractivity contribution in [2.45, 2.75) is 6.10 Å². The van der Waals surface area contributed by atoms with E-state index in [9.17, 15) is 14.9 Å². The first-order chi connectivity index (χ1) is 12.5. The molecule has 3 rings (SSSR count). The van der Waals surface area contributed by atoms with Gasteiger partial charge >= 0.3 is 0 Å². The molecular formula is C18H19N3O5. The third-order valence-corrected chi connectivity index (χ3v) is 4.11. The van der Waals surface area contributed by atoms with Gasteiger partial charge in [-0.25, -0.2) is 0 Å². The molecule has 0 saturated carbocycles. The average Bonchev–Trinajstić information content (AvgIpc) is 2.66. The highest BCUT2D eigenvalue weighted by molar-refractivity contribution is 6.00. The monoisotopic (exact) mass is 357 g/mol. The van der Waals surface area contributed by atoms with Crippen molar-refractivity contribution < 1.29 is 19.2 Å². The summed E-state index contributed by atoms with van der Waals surface area (Å²) in [5.41, 5.74) is 0.631. The summed E-state index contributed by atoms with van der Waals surface area (Å²) in [6.45, 7) is 0.613. The molecule has 0 aromatic heterocycles. The molecule has 1 aliphatic rings. The summed E-state index contributed by atoms with van der Waals surface area (Å²) in [6.07, 6.45) is -0.324. The Hall–Kier alpha value is -3.29. The molecule has 8 heteroatoms. The van der Waals surface area contributed by atoms with E-state index in [1.165, 1.54) is 23.1 Å². The molecule has 0 saturated heterocycles. The number of hydrogen-bond acceptors (Lipinski definition) is 6. The van der Waals surface area contributed by atoms with E-state index in [2.05, 4.69) is 5.32 Å². The predicted molar refractivity (Wildman–Crippen MR) is 96.0 cm³/mol. The van der Waals surface area contributed by atoms with Gasteiger partial charge in [0.2, 0.25) is 0 Å². The van der Waals surface area contributed by atoms with Crippen LogP contribution in [0.3, 0.4) is 0 Å². The van der Waals surface area contributed by atoms with E-state index in [0.717, 1.165) is 0 Å². The fourth-order valence-electron chi connectivity index (χ4n) is 2.79. The zero-order chi connectivity index (χ0) is 18.7. The number of likely N-dealkylation sites (N-methyl/N-ethyl adjacent to an activating group) is 1. The topological polar surface area (TPSA) is 93.9 Å². The van der Waals surface area contributed by atoms with Gasteiger partial charge in [0.1, 0.15) is 6.61 Å². The minimum Gasteiger partial charge on any atom is -0.486 e.